The van der Waals surface area contributed by atoms with Crippen LogP contribution in [0, 0.1) is 0 Å². The van der Waals surface area contributed by atoms with Crippen LogP contribution in [0.3, 0.4) is 0 Å². The third-order valence-corrected chi connectivity index (χ3v) is 2.56. The number of hydrogen-bond acceptors (Lipinski definition) is 4. The molecular formula is C10H14N2O3. The molecule has 2 N–H and O–H groups in total. The molecule has 2 atom stereocenters. The molecule has 2 aliphatic heterocycles. The molecule has 2 heterocycles. The van der Waals surface area contributed by atoms with Gasteiger partial charge in [0.1, 0.15) is 12.0 Å². The fourth-order valence-electron chi connectivity index (χ4n) is 1.78. The number of ether oxygens (including phenoxy) is 1. The zero-order valence-electron chi connectivity index (χ0n) is 8.35. The molecule has 15 heavy (non-hydrogen) atoms. The van der Waals surface area contributed by atoms with Crippen LogP contribution < -0.4 is 5.32 Å². The van der Waals surface area contributed by atoms with Gasteiger partial charge in [0, 0.05) is 12.3 Å². The van der Waals surface area contributed by atoms with Crippen molar-refractivity contribution in [2.75, 3.05) is 6.61 Å². The molecule has 1 amide bonds. The highest BCUT2D eigenvalue weighted by Crippen LogP contribution is 2.25. The van der Waals surface area contributed by atoms with E-state index in [-0.39, 0.29) is 24.8 Å². The van der Waals surface area contributed by atoms with Crippen molar-refractivity contribution in [2.45, 2.75) is 25.2 Å². The topological polar surface area (TPSA) is 61.8 Å². The van der Waals surface area contributed by atoms with Crippen LogP contribution in [0.15, 0.2) is 24.7 Å². The van der Waals surface area contributed by atoms with Crippen molar-refractivity contribution in [3.63, 3.8) is 0 Å². The van der Waals surface area contributed by atoms with Crippen molar-refractivity contribution in [1.82, 2.24) is 10.2 Å². The molecule has 82 valence electrons. The van der Waals surface area contributed by atoms with Crippen molar-refractivity contribution >= 4 is 5.91 Å². The van der Waals surface area contributed by atoms with E-state index in [0.29, 0.717) is 5.82 Å². The minimum atomic E-state index is -0.173. The van der Waals surface area contributed by atoms with Gasteiger partial charge in [-0.05, 0) is 12.8 Å². The Bertz CT molecular complexity index is 314. The Morgan fingerprint density at radius 1 is 1.67 bits per heavy atom. The van der Waals surface area contributed by atoms with Crippen LogP contribution in [0.2, 0.25) is 0 Å². The van der Waals surface area contributed by atoms with Gasteiger partial charge in [-0.15, -0.1) is 0 Å². The maximum atomic E-state index is 11.0. The molecular weight excluding hydrogens is 196 g/mol. The lowest BCUT2D eigenvalue weighted by atomic mass is 10.2. The molecule has 0 aromatic carbocycles. The quantitative estimate of drug-likeness (QED) is 0.668. The predicted molar refractivity (Wildman–Crippen MR) is 53.2 cm³/mol. The molecule has 5 heteroatoms. The summed E-state index contributed by atoms with van der Waals surface area (Å²) >= 11 is 0. The van der Waals surface area contributed by atoms with Crippen LogP contribution in [-0.4, -0.2) is 34.9 Å². The Balaban J connectivity index is 2.02. The first-order valence-corrected chi connectivity index (χ1v) is 4.93. The first-order chi connectivity index (χ1) is 7.20. The number of amides is 1. The molecule has 0 bridgehead atoms. The minimum Gasteiger partial charge on any atom is -0.394 e. The minimum absolute atomic E-state index is 0.0346. The fourth-order valence-corrected chi connectivity index (χ4v) is 1.78. The number of rotatable bonds is 2. The molecule has 5 nitrogen and oxygen atoms in total. The maximum Gasteiger partial charge on any atom is 0.250 e. The SMILES string of the molecule is C=C1NC(=O)C=CN1[C@H]1CC[C@@H](CO)O1. The second-order valence-electron chi connectivity index (χ2n) is 3.63. The summed E-state index contributed by atoms with van der Waals surface area (Å²) in [5, 5.41) is 11.5. The smallest absolute Gasteiger partial charge is 0.250 e. The predicted octanol–water partition coefficient (Wildman–Crippen LogP) is -0.0995. The standard InChI is InChI=1S/C10H14N2O3/c1-7-11-9(14)4-5-12(7)10-3-2-8(6-13)15-10/h4-5,8,10,13H,1-3,6H2,(H,11,14)/t8-,10+/m0/s1. The van der Waals surface area contributed by atoms with E-state index in [0.717, 1.165) is 12.8 Å². The van der Waals surface area contributed by atoms with Crippen molar-refractivity contribution in [3.8, 4) is 0 Å². The first-order valence-electron chi connectivity index (χ1n) is 4.93. The average Bonchev–Trinajstić information content (AvgIpc) is 2.66. The number of nitrogens with zero attached hydrogens (tertiary/aromatic N) is 1. The number of hydrogen-bond donors (Lipinski definition) is 2. The monoisotopic (exact) mass is 210 g/mol. The third kappa shape index (κ3) is 2.03. The molecule has 2 aliphatic rings. The number of carbonyl (C=O) groups excluding carboxylic acids is 1. The van der Waals surface area contributed by atoms with Gasteiger partial charge in [-0.3, -0.25) is 4.79 Å². The second-order valence-corrected chi connectivity index (χ2v) is 3.63. The van der Waals surface area contributed by atoms with Gasteiger partial charge < -0.3 is 20.1 Å². The molecule has 0 aliphatic carbocycles. The van der Waals surface area contributed by atoms with E-state index in [1.54, 1.807) is 11.1 Å². The van der Waals surface area contributed by atoms with Gasteiger partial charge in [0.25, 0.3) is 5.91 Å². The molecule has 0 unspecified atom stereocenters. The Labute approximate surface area is 88.0 Å². The lowest BCUT2D eigenvalue weighted by Gasteiger charge is -2.31. The zero-order chi connectivity index (χ0) is 10.8. The lowest BCUT2D eigenvalue weighted by molar-refractivity contribution is -0.117. The van der Waals surface area contributed by atoms with E-state index in [4.69, 9.17) is 9.84 Å². The Hall–Kier alpha value is -1.33. The summed E-state index contributed by atoms with van der Waals surface area (Å²) < 4.78 is 5.57. The summed E-state index contributed by atoms with van der Waals surface area (Å²) in [7, 11) is 0. The molecule has 0 aromatic heterocycles. The van der Waals surface area contributed by atoms with E-state index in [2.05, 4.69) is 11.9 Å². The highest BCUT2D eigenvalue weighted by atomic mass is 16.5. The number of nitrogens with one attached hydrogen (secondary N) is 1. The molecule has 0 spiro atoms. The fraction of sp³-hybridized carbons (Fsp3) is 0.500. The van der Waals surface area contributed by atoms with Crippen LogP contribution in [-0.2, 0) is 9.53 Å². The number of carbonyl (C=O) groups is 1. The summed E-state index contributed by atoms with van der Waals surface area (Å²) in [5.41, 5.74) is 0. The molecule has 0 aromatic rings. The summed E-state index contributed by atoms with van der Waals surface area (Å²) in [5.74, 6) is 0.346. The first kappa shape index (κ1) is 10.2. The van der Waals surface area contributed by atoms with Gasteiger partial charge in [-0.25, -0.2) is 0 Å². The van der Waals surface area contributed by atoms with E-state index in [9.17, 15) is 4.79 Å². The average molecular weight is 210 g/mol. The summed E-state index contributed by atoms with van der Waals surface area (Å²) in [6.45, 7) is 3.78. The number of aliphatic hydroxyl groups is 1. The van der Waals surface area contributed by atoms with Crippen molar-refractivity contribution in [1.29, 1.82) is 0 Å². The summed E-state index contributed by atoms with van der Waals surface area (Å²) in [4.78, 5) is 12.8. The van der Waals surface area contributed by atoms with E-state index < -0.39 is 0 Å². The van der Waals surface area contributed by atoms with Gasteiger partial charge in [0.2, 0.25) is 0 Å². The van der Waals surface area contributed by atoms with Crippen LogP contribution >= 0.6 is 0 Å². The van der Waals surface area contributed by atoms with Crippen molar-refractivity contribution in [2.24, 2.45) is 0 Å². The van der Waals surface area contributed by atoms with Crippen molar-refractivity contribution < 1.29 is 14.6 Å². The van der Waals surface area contributed by atoms with Crippen LogP contribution in [0.1, 0.15) is 12.8 Å². The highest BCUT2D eigenvalue weighted by molar-refractivity contribution is 5.89. The highest BCUT2D eigenvalue weighted by Gasteiger charge is 2.30. The molecule has 1 fully saturated rings. The molecule has 1 saturated heterocycles. The van der Waals surface area contributed by atoms with Gasteiger partial charge in [0.15, 0.2) is 0 Å². The van der Waals surface area contributed by atoms with Gasteiger partial charge >= 0.3 is 0 Å². The Morgan fingerprint density at radius 3 is 3.07 bits per heavy atom. The Morgan fingerprint density at radius 2 is 2.47 bits per heavy atom. The second kappa shape index (κ2) is 4.04. The van der Waals surface area contributed by atoms with E-state index in [1.807, 2.05) is 0 Å². The van der Waals surface area contributed by atoms with Gasteiger partial charge in [-0.1, -0.05) is 6.58 Å². The lowest BCUT2D eigenvalue weighted by Crippen LogP contribution is -2.41. The summed E-state index contributed by atoms with van der Waals surface area (Å²) in [6, 6.07) is 0. The van der Waals surface area contributed by atoms with E-state index in [1.165, 1.54) is 6.08 Å². The largest absolute Gasteiger partial charge is 0.394 e. The molecule has 0 radical (unpaired) electrons. The zero-order valence-corrected chi connectivity index (χ0v) is 8.35. The molecule has 0 saturated carbocycles. The third-order valence-electron chi connectivity index (χ3n) is 2.56. The normalized spacial score (nSPS) is 30.9. The maximum absolute atomic E-state index is 11.0. The van der Waals surface area contributed by atoms with Crippen LogP contribution in [0.5, 0.6) is 0 Å². The van der Waals surface area contributed by atoms with Crippen molar-refractivity contribution in [3.05, 3.63) is 24.7 Å². The van der Waals surface area contributed by atoms with Crippen LogP contribution in [0.25, 0.3) is 0 Å². The van der Waals surface area contributed by atoms with Crippen LogP contribution in [0.4, 0.5) is 0 Å². The van der Waals surface area contributed by atoms with Gasteiger partial charge in [-0.2, -0.15) is 0 Å². The Kier molecular flexibility index (Phi) is 2.75. The molecule has 2 rings (SSSR count). The number of aliphatic hydroxyl groups excluding tert-OH is 1. The summed E-state index contributed by atoms with van der Waals surface area (Å²) in [6.07, 6.45) is 4.51. The van der Waals surface area contributed by atoms with E-state index >= 15 is 0 Å². The van der Waals surface area contributed by atoms with Gasteiger partial charge in [0.05, 0.1) is 12.7 Å².